The van der Waals surface area contributed by atoms with E-state index in [1.54, 1.807) is 6.07 Å². The summed E-state index contributed by atoms with van der Waals surface area (Å²) in [5.74, 6) is 1.38. The number of alkyl halides is 1. The van der Waals surface area contributed by atoms with E-state index in [-0.39, 0.29) is 9.74 Å². The van der Waals surface area contributed by atoms with Gasteiger partial charge in [0.2, 0.25) is 0 Å². The predicted molar refractivity (Wildman–Crippen MR) is 114 cm³/mol. The maximum absolute atomic E-state index is 14.1. The molecule has 4 rings (SSSR count). The molecule has 142 valence electrons. The second-order valence-electron chi connectivity index (χ2n) is 7.84. The summed E-state index contributed by atoms with van der Waals surface area (Å²) < 4.78 is 22.6. The molecule has 0 fully saturated rings. The van der Waals surface area contributed by atoms with Crippen LogP contribution in [0.4, 0.5) is 4.39 Å². The Balaban J connectivity index is 1.59. The van der Waals surface area contributed by atoms with Gasteiger partial charge >= 0.3 is 0 Å². The Hall–Kier alpha value is -1.60. The first-order valence-electron chi connectivity index (χ1n) is 9.26. The van der Waals surface area contributed by atoms with Gasteiger partial charge in [0.05, 0.1) is 5.60 Å². The van der Waals surface area contributed by atoms with E-state index in [0.717, 1.165) is 52.9 Å². The quantitative estimate of drug-likeness (QED) is 0.352. The molecule has 1 heterocycles. The van der Waals surface area contributed by atoms with E-state index in [4.69, 9.17) is 4.74 Å². The molecule has 0 aliphatic heterocycles. The average Bonchev–Trinajstić information content (AvgIpc) is 3.19. The van der Waals surface area contributed by atoms with Crippen LogP contribution in [0.1, 0.15) is 41.7 Å². The van der Waals surface area contributed by atoms with Crippen LogP contribution in [0.15, 0.2) is 42.6 Å². The van der Waals surface area contributed by atoms with Crippen molar-refractivity contribution in [2.75, 3.05) is 0 Å². The van der Waals surface area contributed by atoms with Crippen molar-refractivity contribution in [3.05, 3.63) is 59.5 Å². The first-order valence-corrected chi connectivity index (χ1v) is 10.5. The molecule has 3 aromatic rings. The van der Waals surface area contributed by atoms with Crippen LogP contribution in [0.3, 0.4) is 0 Å². The summed E-state index contributed by atoms with van der Waals surface area (Å²) in [7, 11) is 0. The number of hydrogen-bond acceptors (Lipinski definition) is 2. The molecule has 0 saturated carbocycles. The zero-order valence-corrected chi connectivity index (χ0v) is 17.7. The fraction of sp³-hybridized carbons (Fsp3) is 0.364. The van der Waals surface area contributed by atoms with Gasteiger partial charge in [0.1, 0.15) is 17.3 Å². The summed E-state index contributed by atoms with van der Waals surface area (Å²) in [5.41, 5.74) is 2.23. The van der Waals surface area contributed by atoms with Gasteiger partial charge in [-0.2, -0.15) is 0 Å². The second-order valence-corrected chi connectivity index (χ2v) is 9.34. The van der Waals surface area contributed by atoms with Crippen molar-refractivity contribution in [3.63, 3.8) is 0 Å². The zero-order valence-electron chi connectivity index (χ0n) is 15.5. The van der Waals surface area contributed by atoms with E-state index in [1.165, 1.54) is 6.07 Å². The summed E-state index contributed by atoms with van der Waals surface area (Å²) >= 11 is 2.31. The molecule has 3 nitrogen and oxygen atoms in total. The van der Waals surface area contributed by atoms with Crippen molar-refractivity contribution in [1.29, 1.82) is 0 Å². The average molecular weight is 479 g/mol. The van der Waals surface area contributed by atoms with Gasteiger partial charge in [0.15, 0.2) is 0 Å². The molecule has 1 aromatic heterocycles. The third kappa shape index (κ3) is 3.85. The zero-order chi connectivity index (χ0) is 19.2. The predicted octanol–water partition coefficient (Wildman–Crippen LogP) is 6.16. The molecule has 0 saturated heterocycles. The Morgan fingerprint density at radius 3 is 2.85 bits per heavy atom. The van der Waals surface area contributed by atoms with Gasteiger partial charge in [-0.05, 0) is 69.5 Å². The largest absolute Gasteiger partial charge is 0.457 e. The highest BCUT2D eigenvalue weighted by molar-refractivity contribution is 14.1. The monoisotopic (exact) mass is 479 g/mol. The lowest BCUT2D eigenvalue weighted by molar-refractivity contribution is 0.0666. The highest BCUT2D eigenvalue weighted by Crippen LogP contribution is 2.44. The van der Waals surface area contributed by atoms with Crippen LogP contribution in [-0.2, 0) is 13.0 Å². The Labute approximate surface area is 172 Å². The molecule has 27 heavy (non-hydrogen) atoms. The van der Waals surface area contributed by atoms with Crippen molar-refractivity contribution in [2.45, 2.75) is 49.2 Å². The number of benzene rings is 2. The molecule has 5 heteroatoms. The highest BCUT2D eigenvalue weighted by Gasteiger charge is 2.27. The van der Waals surface area contributed by atoms with Crippen molar-refractivity contribution in [3.8, 4) is 11.5 Å². The van der Waals surface area contributed by atoms with E-state index in [0.29, 0.717) is 6.42 Å². The number of rotatable bonds is 5. The number of ether oxygens (including phenoxy) is 1. The number of aromatic nitrogens is 1. The third-order valence-electron chi connectivity index (χ3n) is 5.16. The fourth-order valence-corrected chi connectivity index (χ4v) is 4.67. The van der Waals surface area contributed by atoms with Gasteiger partial charge in [-0.15, -0.1) is 0 Å². The molecule has 0 bridgehead atoms. The first kappa shape index (κ1) is 18.7. The Morgan fingerprint density at radius 1 is 1.26 bits per heavy atom. The molecule has 0 unspecified atom stereocenters. The summed E-state index contributed by atoms with van der Waals surface area (Å²) in [4.78, 5) is 0. The van der Waals surface area contributed by atoms with Gasteiger partial charge in [-0.3, -0.25) is 0 Å². The summed E-state index contributed by atoms with van der Waals surface area (Å²) in [6.07, 6.45) is 4.53. The van der Waals surface area contributed by atoms with Crippen LogP contribution in [0.2, 0.25) is 0 Å². The minimum Gasteiger partial charge on any atom is -0.457 e. The maximum Gasteiger partial charge on any atom is 0.131 e. The number of aryl methyl sites for hydroxylation is 1. The number of fused-ring (bicyclic) bond motifs is 2. The normalized spacial score (nSPS) is 16.7. The third-order valence-corrected chi connectivity index (χ3v) is 6.40. The van der Waals surface area contributed by atoms with Gasteiger partial charge in [0, 0.05) is 38.7 Å². The topological polar surface area (TPSA) is 34.4 Å². The van der Waals surface area contributed by atoms with E-state index in [9.17, 15) is 9.50 Å². The van der Waals surface area contributed by atoms with Crippen molar-refractivity contribution >= 4 is 33.5 Å². The minimum absolute atomic E-state index is 0.131. The van der Waals surface area contributed by atoms with E-state index < -0.39 is 5.60 Å². The van der Waals surface area contributed by atoms with Gasteiger partial charge in [0.25, 0.3) is 0 Å². The molecule has 0 amide bonds. The number of halogens is 2. The van der Waals surface area contributed by atoms with Crippen LogP contribution in [0.25, 0.3) is 10.9 Å². The maximum atomic E-state index is 14.1. The standard InChI is InChI=1S/C22H23FINO2/c1-22(2,26)10-12-25-11-9-14-13-15(3-7-19(14)25)27-20-8-5-17(23)21-16(20)4-6-18(21)24/h3,5,7-9,11,13,18,26H,4,6,10,12H2,1-2H3/t18-/m1/s1. The number of nitrogens with zero attached hydrogens (tertiary/aromatic N) is 1. The van der Waals surface area contributed by atoms with E-state index >= 15 is 0 Å². The number of hydrogen-bond donors (Lipinski definition) is 1. The molecular weight excluding hydrogens is 456 g/mol. The molecule has 1 atom stereocenters. The summed E-state index contributed by atoms with van der Waals surface area (Å²) in [5, 5.41) is 11.0. The molecule has 1 aliphatic rings. The molecule has 1 N–H and O–H groups in total. The van der Waals surface area contributed by atoms with Crippen LogP contribution < -0.4 is 4.74 Å². The first-order chi connectivity index (χ1) is 12.8. The van der Waals surface area contributed by atoms with Crippen LogP contribution in [-0.4, -0.2) is 15.3 Å². The Kier molecular flexibility index (Phi) is 4.93. The molecule has 2 aromatic carbocycles. The lowest BCUT2D eigenvalue weighted by Crippen LogP contribution is -2.20. The second kappa shape index (κ2) is 7.09. The van der Waals surface area contributed by atoms with Gasteiger partial charge in [-0.25, -0.2) is 4.39 Å². The van der Waals surface area contributed by atoms with Crippen molar-refractivity contribution < 1.29 is 14.2 Å². The van der Waals surface area contributed by atoms with Crippen LogP contribution in [0, 0.1) is 5.82 Å². The lowest BCUT2D eigenvalue weighted by Gasteiger charge is -2.17. The van der Waals surface area contributed by atoms with Crippen LogP contribution >= 0.6 is 22.6 Å². The summed E-state index contributed by atoms with van der Waals surface area (Å²) in [6.45, 7) is 4.41. The Bertz CT molecular complexity index is 990. The Morgan fingerprint density at radius 2 is 2.07 bits per heavy atom. The van der Waals surface area contributed by atoms with Crippen LogP contribution in [0.5, 0.6) is 11.5 Å². The SMILES string of the molecule is CC(C)(O)CCn1ccc2cc(Oc3ccc(F)c4c3CC[C@H]4I)ccc21. The lowest BCUT2D eigenvalue weighted by atomic mass is 10.1. The molecule has 0 radical (unpaired) electrons. The smallest absolute Gasteiger partial charge is 0.131 e. The van der Waals surface area contributed by atoms with Crippen molar-refractivity contribution in [2.24, 2.45) is 0 Å². The molecule has 1 aliphatic carbocycles. The van der Waals surface area contributed by atoms with E-state index in [1.807, 2.05) is 38.2 Å². The van der Waals surface area contributed by atoms with Gasteiger partial charge in [-0.1, -0.05) is 22.6 Å². The van der Waals surface area contributed by atoms with Gasteiger partial charge < -0.3 is 14.4 Å². The highest BCUT2D eigenvalue weighted by atomic mass is 127. The fourth-order valence-electron chi connectivity index (χ4n) is 3.68. The molecular formula is C22H23FINO2. The molecule has 0 spiro atoms. The minimum atomic E-state index is -0.681. The van der Waals surface area contributed by atoms with E-state index in [2.05, 4.69) is 33.2 Å². The van der Waals surface area contributed by atoms with Crippen molar-refractivity contribution in [1.82, 2.24) is 4.57 Å². The summed E-state index contributed by atoms with van der Waals surface area (Å²) in [6, 6.07) is 11.3. The number of aliphatic hydroxyl groups is 1.